The zero-order chi connectivity index (χ0) is 20.2. The molecule has 1 atom stereocenters. The number of hydrogen-bond donors (Lipinski definition) is 1. The van der Waals surface area contributed by atoms with Crippen LogP contribution in [0.15, 0.2) is 48.8 Å². The monoisotopic (exact) mass is 390 g/mol. The van der Waals surface area contributed by atoms with Gasteiger partial charge in [0.05, 0.1) is 5.92 Å². The van der Waals surface area contributed by atoms with Gasteiger partial charge in [-0.15, -0.1) is 10.2 Å². The van der Waals surface area contributed by atoms with Crippen LogP contribution < -0.4 is 10.2 Å². The van der Waals surface area contributed by atoms with Crippen LogP contribution in [-0.4, -0.2) is 38.7 Å². The molecule has 1 amide bonds. The van der Waals surface area contributed by atoms with E-state index in [4.69, 9.17) is 0 Å². The van der Waals surface area contributed by atoms with Crippen LogP contribution in [0.2, 0.25) is 0 Å². The molecule has 2 aromatic heterocycles. The first-order valence-electron chi connectivity index (χ1n) is 10.1. The van der Waals surface area contributed by atoms with E-state index in [1.807, 2.05) is 42.0 Å². The van der Waals surface area contributed by atoms with Crippen molar-refractivity contribution in [2.24, 2.45) is 5.92 Å². The SMILES string of the molecule is CCc1ccc(NC(=O)C2CCCN(c3ccc(-n4ccnc4C)nn3)C2)cc1. The maximum atomic E-state index is 12.8. The lowest BCUT2D eigenvalue weighted by Crippen LogP contribution is -2.41. The van der Waals surface area contributed by atoms with E-state index in [9.17, 15) is 4.79 Å². The van der Waals surface area contributed by atoms with Crippen LogP contribution in [-0.2, 0) is 11.2 Å². The number of piperidine rings is 1. The molecule has 1 unspecified atom stereocenters. The van der Waals surface area contributed by atoms with E-state index >= 15 is 0 Å². The number of anilines is 2. The Kier molecular flexibility index (Phi) is 5.55. The van der Waals surface area contributed by atoms with E-state index in [0.717, 1.165) is 49.0 Å². The molecule has 1 saturated heterocycles. The number of nitrogens with one attached hydrogen (secondary N) is 1. The van der Waals surface area contributed by atoms with Crippen LogP contribution >= 0.6 is 0 Å². The van der Waals surface area contributed by atoms with Crippen LogP contribution in [0.1, 0.15) is 31.2 Å². The third kappa shape index (κ3) is 4.29. The minimum absolute atomic E-state index is 0.0630. The van der Waals surface area contributed by atoms with Gasteiger partial charge in [0.2, 0.25) is 5.91 Å². The Balaban J connectivity index is 1.41. The van der Waals surface area contributed by atoms with Crippen LogP contribution in [0.4, 0.5) is 11.5 Å². The number of amides is 1. The number of aryl methyl sites for hydroxylation is 2. The number of imidazole rings is 1. The fraction of sp³-hybridized carbons (Fsp3) is 0.364. The summed E-state index contributed by atoms with van der Waals surface area (Å²) in [5, 5.41) is 11.8. The fourth-order valence-electron chi connectivity index (χ4n) is 3.70. The predicted octanol–water partition coefficient (Wildman–Crippen LogP) is 3.39. The summed E-state index contributed by atoms with van der Waals surface area (Å²) in [5.74, 6) is 2.42. The van der Waals surface area contributed by atoms with Gasteiger partial charge in [-0.2, -0.15) is 0 Å². The molecule has 0 aliphatic carbocycles. The number of carbonyl (C=O) groups excluding carboxylic acids is 1. The standard InChI is InChI=1S/C22H26N6O/c1-3-17-6-8-19(9-7-17)24-22(29)18-5-4-13-27(15-18)20-10-11-21(26-25-20)28-14-12-23-16(28)2/h6-12,14,18H,3-5,13,15H2,1-2H3,(H,24,29). The topological polar surface area (TPSA) is 75.9 Å². The molecule has 1 N–H and O–H groups in total. The summed E-state index contributed by atoms with van der Waals surface area (Å²) in [4.78, 5) is 19.1. The van der Waals surface area contributed by atoms with Crippen molar-refractivity contribution in [2.75, 3.05) is 23.3 Å². The van der Waals surface area contributed by atoms with Gasteiger partial charge in [-0.1, -0.05) is 19.1 Å². The number of carbonyl (C=O) groups is 1. The van der Waals surface area contributed by atoms with Crippen molar-refractivity contribution in [1.29, 1.82) is 0 Å². The third-order valence-corrected chi connectivity index (χ3v) is 5.45. The normalized spacial score (nSPS) is 16.6. The Morgan fingerprint density at radius 3 is 2.55 bits per heavy atom. The molecule has 3 heterocycles. The molecule has 4 rings (SSSR count). The van der Waals surface area contributed by atoms with Gasteiger partial charge < -0.3 is 10.2 Å². The van der Waals surface area contributed by atoms with Crippen molar-refractivity contribution in [3.63, 3.8) is 0 Å². The number of aromatic nitrogens is 4. The van der Waals surface area contributed by atoms with Crippen LogP contribution in [0.25, 0.3) is 5.82 Å². The highest BCUT2D eigenvalue weighted by molar-refractivity contribution is 5.93. The number of rotatable bonds is 5. The average Bonchev–Trinajstić information content (AvgIpc) is 3.20. The summed E-state index contributed by atoms with van der Waals surface area (Å²) in [6.07, 6.45) is 6.44. The summed E-state index contributed by atoms with van der Waals surface area (Å²) < 4.78 is 1.90. The second kappa shape index (κ2) is 8.43. The van der Waals surface area contributed by atoms with Gasteiger partial charge in [0.15, 0.2) is 11.6 Å². The molecule has 1 aliphatic heterocycles. The van der Waals surface area contributed by atoms with Crippen molar-refractivity contribution in [3.8, 4) is 5.82 Å². The zero-order valence-electron chi connectivity index (χ0n) is 16.9. The molecule has 7 heteroatoms. The zero-order valence-corrected chi connectivity index (χ0v) is 16.9. The third-order valence-electron chi connectivity index (χ3n) is 5.45. The molecule has 7 nitrogen and oxygen atoms in total. The van der Waals surface area contributed by atoms with Gasteiger partial charge in [-0.25, -0.2) is 4.98 Å². The van der Waals surface area contributed by atoms with Gasteiger partial charge in [-0.05, 0) is 56.0 Å². The van der Waals surface area contributed by atoms with Gasteiger partial charge in [0.1, 0.15) is 5.82 Å². The van der Waals surface area contributed by atoms with E-state index in [2.05, 4.69) is 44.5 Å². The van der Waals surface area contributed by atoms with Crippen molar-refractivity contribution in [2.45, 2.75) is 33.1 Å². The van der Waals surface area contributed by atoms with Crippen molar-refractivity contribution in [3.05, 3.63) is 60.2 Å². The molecule has 150 valence electrons. The summed E-state index contributed by atoms with van der Waals surface area (Å²) in [6, 6.07) is 12.0. The minimum atomic E-state index is -0.0630. The van der Waals surface area contributed by atoms with Crippen LogP contribution in [0.5, 0.6) is 0 Å². The molecule has 3 aromatic rings. The van der Waals surface area contributed by atoms with Crippen LogP contribution in [0.3, 0.4) is 0 Å². The van der Waals surface area contributed by atoms with Crippen molar-refractivity contribution >= 4 is 17.4 Å². The molecule has 0 radical (unpaired) electrons. The van der Waals surface area contributed by atoms with Gasteiger partial charge in [0.25, 0.3) is 0 Å². The highest BCUT2D eigenvalue weighted by Gasteiger charge is 2.27. The fourth-order valence-corrected chi connectivity index (χ4v) is 3.70. The molecule has 0 saturated carbocycles. The number of hydrogen-bond acceptors (Lipinski definition) is 5. The first-order valence-corrected chi connectivity index (χ1v) is 10.1. The maximum absolute atomic E-state index is 12.8. The van der Waals surface area contributed by atoms with Crippen molar-refractivity contribution < 1.29 is 4.79 Å². The summed E-state index contributed by atoms with van der Waals surface area (Å²) in [5.41, 5.74) is 2.11. The molecular formula is C22H26N6O. The Hall–Kier alpha value is -3.22. The molecule has 1 aromatic carbocycles. The Bertz CT molecular complexity index is 964. The maximum Gasteiger partial charge on any atom is 0.229 e. The van der Waals surface area contributed by atoms with E-state index < -0.39 is 0 Å². The highest BCUT2D eigenvalue weighted by Crippen LogP contribution is 2.23. The molecular weight excluding hydrogens is 364 g/mol. The quantitative estimate of drug-likeness (QED) is 0.723. The lowest BCUT2D eigenvalue weighted by molar-refractivity contribution is -0.120. The largest absolute Gasteiger partial charge is 0.354 e. The summed E-state index contributed by atoms with van der Waals surface area (Å²) >= 11 is 0. The highest BCUT2D eigenvalue weighted by atomic mass is 16.1. The van der Waals surface area contributed by atoms with E-state index in [0.29, 0.717) is 6.54 Å². The predicted molar refractivity (Wildman–Crippen MR) is 113 cm³/mol. The molecule has 1 aliphatic rings. The average molecular weight is 390 g/mol. The first-order chi connectivity index (χ1) is 14.1. The first kappa shape index (κ1) is 19.1. The molecule has 29 heavy (non-hydrogen) atoms. The van der Waals surface area contributed by atoms with Gasteiger partial charge >= 0.3 is 0 Å². The van der Waals surface area contributed by atoms with Crippen molar-refractivity contribution in [1.82, 2.24) is 19.7 Å². The number of nitrogens with zero attached hydrogens (tertiary/aromatic N) is 5. The molecule has 0 spiro atoms. The van der Waals surface area contributed by atoms with Gasteiger partial charge in [0, 0.05) is 31.2 Å². The lowest BCUT2D eigenvalue weighted by Gasteiger charge is -2.32. The van der Waals surface area contributed by atoms with E-state index in [1.54, 1.807) is 6.20 Å². The molecule has 1 fully saturated rings. The Labute approximate surface area is 170 Å². The second-order valence-corrected chi connectivity index (χ2v) is 7.42. The van der Waals surface area contributed by atoms with E-state index in [-0.39, 0.29) is 11.8 Å². The number of benzene rings is 1. The summed E-state index contributed by atoms with van der Waals surface area (Å²) in [6.45, 7) is 5.58. The molecule has 0 bridgehead atoms. The smallest absolute Gasteiger partial charge is 0.229 e. The second-order valence-electron chi connectivity index (χ2n) is 7.42. The Morgan fingerprint density at radius 1 is 1.14 bits per heavy atom. The van der Waals surface area contributed by atoms with Crippen LogP contribution in [0, 0.1) is 12.8 Å². The van der Waals surface area contributed by atoms with Gasteiger partial charge in [-0.3, -0.25) is 9.36 Å². The lowest BCUT2D eigenvalue weighted by atomic mass is 9.97. The Morgan fingerprint density at radius 2 is 1.90 bits per heavy atom. The minimum Gasteiger partial charge on any atom is -0.354 e. The van der Waals surface area contributed by atoms with E-state index in [1.165, 1.54) is 5.56 Å². The summed E-state index contributed by atoms with van der Waals surface area (Å²) in [7, 11) is 0.